The van der Waals surface area contributed by atoms with E-state index in [-0.39, 0.29) is 37.1 Å². The maximum absolute atomic E-state index is 12.0. The van der Waals surface area contributed by atoms with Crippen LogP contribution in [-0.2, 0) is 11.4 Å². The first-order valence-corrected chi connectivity index (χ1v) is 6.26. The van der Waals surface area contributed by atoms with E-state index in [4.69, 9.17) is 5.53 Å². The Balaban J connectivity index is 2.32. The lowest BCUT2D eigenvalue weighted by Gasteiger charge is -2.19. The Morgan fingerprint density at radius 1 is 1.57 bits per heavy atom. The van der Waals surface area contributed by atoms with Gasteiger partial charge in [0.05, 0.1) is 17.2 Å². The summed E-state index contributed by atoms with van der Waals surface area (Å²) in [6.45, 7) is 0.187. The second-order valence-corrected chi connectivity index (χ2v) is 4.72. The highest BCUT2D eigenvalue weighted by Crippen LogP contribution is 2.31. The van der Waals surface area contributed by atoms with Gasteiger partial charge in [-0.3, -0.25) is 14.9 Å². The molecule has 1 aromatic carbocycles. The quantitative estimate of drug-likeness (QED) is 0.291. The van der Waals surface area contributed by atoms with E-state index in [2.05, 4.69) is 10.0 Å². The number of rotatable bonds is 5. The molecule has 0 radical (unpaired) electrons. The van der Waals surface area contributed by atoms with E-state index >= 15 is 0 Å². The summed E-state index contributed by atoms with van der Waals surface area (Å²) in [5, 5.41) is 23.6. The number of azide groups is 1. The van der Waals surface area contributed by atoms with Crippen LogP contribution < -0.4 is 4.90 Å². The van der Waals surface area contributed by atoms with Gasteiger partial charge in [0.25, 0.3) is 5.69 Å². The van der Waals surface area contributed by atoms with Gasteiger partial charge in [0, 0.05) is 42.1 Å². The molecule has 2 rings (SSSR count). The average molecular weight is 291 g/mol. The Morgan fingerprint density at radius 3 is 2.95 bits per heavy atom. The van der Waals surface area contributed by atoms with E-state index in [1.54, 1.807) is 0 Å². The molecule has 1 fully saturated rings. The molecule has 1 N–H and O–H groups in total. The molecule has 1 saturated heterocycles. The molecule has 1 aromatic rings. The van der Waals surface area contributed by atoms with Gasteiger partial charge in [0.1, 0.15) is 0 Å². The first-order chi connectivity index (χ1) is 10.1. The highest BCUT2D eigenvalue weighted by molar-refractivity contribution is 5.96. The third-order valence-corrected chi connectivity index (χ3v) is 3.35. The fourth-order valence-corrected chi connectivity index (χ4v) is 2.34. The standard InChI is InChI=1S/C12H13N5O4/c13-15-14-5-8-3-12(19)16(6-8)11-4-10(17(20)21)2-1-9(11)7-18/h1-2,4,8,18H,3,5-7H2. The van der Waals surface area contributed by atoms with Crippen molar-refractivity contribution in [2.75, 3.05) is 18.0 Å². The van der Waals surface area contributed by atoms with Crippen molar-refractivity contribution >= 4 is 17.3 Å². The fourth-order valence-electron chi connectivity index (χ4n) is 2.34. The second-order valence-electron chi connectivity index (χ2n) is 4.72. The summed E-state index contributed by atoms with van der Waals surface area (Å²) in [7, 11) is 0. The second kappa shape index (κ2) is 6.21. The molecule has 1 heterocycles. The molecular weight excluding hydrogens is 278 g/mol. The molecule has 0 saturated carbocycles. The smallest absolute Gasteiger partial charge is 0.271 e. The molecule has 1 unspecified atom stereocenters. The van der Waals surface area contributed by atoms with Crippen LogP contribution in [0.1, 0.15) is 12.0 Å². The topological polar surface area (TPSA) is 132 Å². The lowest BCUT2D eigenvalue weighted by atomic mass is 10.1. The zero-order chi connectivity index (χ0) is 15.4. The van der Waals surface area contributed by atoms with Crippen LogP contribution in [0.5, 0.6) is 0 Å². The number of benzene rings is 1. The zero-order valence-electron chi connectivity index (χ0n) is 11.0. The van der Waals surface area contributed by atoms with Crippen molar-refractivity contribution < 1.29 is 14.8 Å². The van der Waals surface area contributed by atoms with Crippen molar-refractivity contribution in [3.8, 4) is 0 Å². The summed E-state index contributed by atoms with van der Waals surface area (Å²) in [4.78, 5) is 26.4. The summed E-state index contributed by atoms with van der Waals surface area (Å²) >= 11 is 0. The Morgan fingerprint density at radius 2 is 2.33 bits per heavy atom. The highest BCUT2D eigenvalue weighted by Gasteiger charge is 2.32. The maximum atomic E-state index is 12.0. The van der Waals surface area contributed by atoms with E-state index in [1.165, 1.54) is 23.1 Å². The van der Waals surface area contributed by atoms with Crippen LogP contribution in [0.25, 0.3) is 10.4 Å². The van der Waals surface area contributed by atoms with Gasteiger partial charge in [-0.1, -0.05) is 5.11 Å². The molecule has 0 aromatic heterocycles. The van der Waals surface area contributed by atoms with Crippen molar-refractivity contribution in [3.63, 3.8) is 0 Å². The molecule has 1 aliphatic heterocycles. The molecule has 110 valence electrons. The van der Waals surface area contributed by atoms with E-state index in [0.717, 1.165) is 0 Å². The number of non-ortho nitro benzene ring substituents is 1. The average Bonchev–Trinajstić information content (AvgIpc) is 2.85. The molecule has 0 aliphatic carbocycles. The third-order valence-electron chi connectivity index (χ3n) is 3.35. The summed E-state index contributed by atoms with van der Waals surface area (Å²) in [5.41, 5.74) is 8.94. The van der Waals surface area contributed by atoms with Crippen LogP contribution in [0.2, 0.25) is 0 Å². The van der Waals surface area contributed by atoms with Crippen molar-refractivity contribution in [1.82, 2.24) is 0 Å². The molecule has 0 spiro atoms. The van der Waals surface area contributed by atoms with Crippen LogP contribution in [-0.4, -0.2) is 29.0 Å². The molecule has 0 bridgehead atoms. The molecule has 1 amide bonds. The maximum Gasteiger partial charge on any atom is 0.271 e. The van der Waals surface area contributed by atoms with Crippen LogP contribution in [0.4, 0.5) is 11.4 Å². The van der Waals surface area contributed by atoms with Gasteiger partial charge in [-0.2, -0.15) is 0 Å². The van der Waals surface area contributed by atoms with E-state index in [1.807, 2.05) is 0 Å². The number of aliphatic hydroxyl groups is 1. The number of anilines is 1. The molecule has 1 atom stereocenters. The van der Waals surface area contributed by atoms with Crippen molar-refractivity contribution in [2.24, 2.45) is 11.0 Å². The van der Waals surface area contributed by atoms with Gasteiger partial charge in [-0.05, 0) is 17.5 Å². The molecule has 9 nitrogen and oxygen atoms in total. The van der Waals surface area contributed by atoms with E-state index < -0.39 is 4.92 Å². The first-order valence-electron chi connectivity index (χ1n) is 6.26. The molecular formula is C12H13N5O4. The number of amides is 1. The molecule has 1 aliphatic rings. The van der Waals surface area contributed by atoms with Crippen LogP contribution >= 0.6 is 0 Å². The minimum absolute atomic E-state index is 0.126. The number of nitrogens with zero attached hydrogens (tertiary/aromatic N) is 5. The zero-order valence-corrected chi connectivity index (χ0v) is 11.0. The third kappa shape index (κ3) is 3.10. The Bertz CT molecular complexity index is 626. The van der Waals surface area contributed by atoms with Gasteiger partial charge in [0.15, 0.2) is 0 Å². The lowest BCUT2D eigenvalue weighted by molar-refractivity contribution is -0.384. The first kappa shape index (κ1) is 14.8. The van der Waals surface area contributed by atoms with Gasteiger partial charge in [0.2, 0.25) is 5.91 Å². The minimum Gasteiger partial charge on any atom is -0.392 e. The number of carbonyl (C=O) groups excluding carboxylic acids is 1. The van der Waals surface area contributed by atoms with E-state index in [9.17, 15) is 20.0 Å². The summed E-state index contributed by atoms with van der Waals surface area (Å²) < 4.78 is 0. The highest BCUT2D eigenvalue weighted by atomic mass is 16.6. The number of carbonyl (C=O) groups is 1. The van der Waals surface area contributed by atoms with Crippen molar-refractivity contribution in [3.05, 3.63) is 44.3 Å². The number of hydrogen-bond acceptors (Lipinski definition) is 5. The van der Waals surface area contributed by atoms with Crippen LogP contribution in [0.3, 0.4) is 0 Å². The number of nitro groups is 1. The number of hydrogen-bond donors (Lipinski definition) is 1. The van der Waals surface area contributed by atoms with Crippen LogP contribution in [0, 0.1) is 16.0 Å². The predicted octanol–water partition coefficient (Wildman–Crippen LogP) is 1.75. The normalized spacial score (nSPS) is 17.7. The number of nitro benzene ring substituents is 1. The lowest BCUT2D eigenvalue weighted by Crippen LogP contribution is -2.26. The van der Waals surface area contributed by atoms with Crippen molar-refractivity contribution in [2.45, 2.75) is 13.0 Å². The van der Waals surface area contributed by atoms with Gasteiger partial charge in [-0.25, -0.2) is 0 Å². The van der Waals surface area contributed by atoms with Crippen molar-refractivity contribution in [1.29, 1.82) is 0 Å². The molecule has 9 heteroatoms. The summed E-state index contributed by atoms with van der Waals surface area (Å²) in [6, 6.07) is 3.99. The molecule has 21 heavy (non-hydrogen) atoms. The van der Waals surface area contributed by atoms with Gasteiger partial charge >= 0.3 is 0 Å². The van der Waals surface area contributed by atoms with Crippen LogP contribution in [0.15, 0.2) is 23.3 Å². The monoisotopic (exact) mass is 291 g/mol. The van der Waals surface area contributed by atoms with Gasteiger partial charge in [-0.15, -0.1) is 0 Å². The summed E-state index contributed by atoms with van der Waals surface area (Å²) in [6.07, 6.45) is 0.215. The Labute approximate surface area is 119 Å². The Kier molecular flexibility index (Phi) is 4.36. The predicted molar refractivity (Wildman–Crippen MR) is 73.5 cm³/mol. The summed E-state index contributed by atoms with van der Waals surface area (Å²) in [5.74, 6) is -0.331. The SMILES string of the molecule is [N-]=[N+]=NCC1CC(=O)N(c2cc([N+](=O)[O-])ccc2CO)C1. The van der Waals surface area contributed by atoms with E-state index in [0.29, 0.717) is 17.8 Å². The fraction of sp³-hybridized carbons (Fsp3) is 0.417. The largest absolute Gasteiger partial charge is 0.392 e. The Hall–Kier alpha value is -2.64. The van der Waals surface area contributed by atoms with Gasteiger partial charge < -0.3 is 10.0 Å². The number of aliphatic hydroxyl groups excluding tert-OH is 1. The minimum atomic E-state index is -0.553.